The molecule has 0 radical (unpaired) electrons. The Morgan fingerprint density at radius 1 is 0.552 bits per heavy atom. The van der Waals surface area contributed by atoms with Gasteiger partial charge in [0.1, 0.15) is 11.4 Å². The first kappa shape index (κ1) is 17.4. The number of aryl methyl sites for hydroxylation is 2. The van der Waals surface area contributed by atoms with Crippen molar-refractivity contribution in [1.29, 1.82) is 0 Å². The van der Waals surface area contributed by atoms with Gasteiger partial charge in [0, 0.05) is 5.56 Å². The van der Waals surface area contributed by atoms with Gasteiger partial charge in [0.15, 0.2) is 0 Å². The molecule has 0 unspecified atom stereocenters. The van der Waals surface area contributed by atoms with Crippen LogP contribution in [-0.4, -0.2) is 0 Å². The third-order valence-electron chi connectivity index (χ3n) is 5.24. The van der Waals surface area contributed by atoms with E-state index in [1.165, 1.54) is 22.3 Å². The van der Waals surface area contributed by atoms with E-state index in [1.54, 1.807) is 0 Å². The minimum atomic E-state index is 0.877. The molecule has 3 nitrogen and oxygen atoms in total. The molecule has 0 bridgehead atoms. The first-order chi connectivity index (χ1) is 14.2. The molecule has 0 saturated carbocycles. The lowest BCUT2D eigenvalue weighted by Crippen LogP contribution is -2.11. The lowest BCUT2D eigenvalue weighted by atomic mass is 10.0. The zero-order valence-corrected chi connectivity index (χ0v) is 16.5. The fraction of sp³-hybridized carbons (Fsp3) is 0.0769. The van der Waals surface area contributed by atoms with Crippen molar-refractivity contribution in [2.45, 2.75) is 13.8 Å². The van der Waals surface area contributed by atoms with Crippen molar-refractivity contribution in [3.8, 4) is 11.1 Å². The Hall–Kier alpha value is -3.72. The van der Waals surface area contributed by atoms with Gasteiger partial charge in [-0.15, -0.1) is 10.2 Å². The monoisotopic (exact) mass is 375 g/mol. The average Bonchev–Trinajstić information content (AvgIpc) is 2.90. The van der Waals surface area contributed by atoms with Crippen molar-refractivity contribution in [2.24, 2.45) is 10.2 Å². The molecule has 29 heavy (non-hydrogen) atoms. The van der Waals surface area contributed by atoms with Crippen molar-refractivity contribution >= 4 is 28.4 Å². The summed E-state index contributed by atoms with van der Waals surface area (Å²) in [5, 5.41) is 9.18. The summed E-state index contributed by atoms with van der Waals surface area (Å²) in [5.74, 6) is 0. The van der Waals surface area contributed by atoms with Gasteiger partial charge in [-0.2, -0.15) is 0 Å². The smallest absolute Gasteiger partial charge is 0.110 e. The van der Waals surface area contributed by atoms with Crippen molar-refractivity contribution in [1.82, 2.24) is 0 Å². The molecule has 0 fully saturated rings. The summed E-state index contributed by atoms with van der Waals surface area (Å²) in [6, 6.07) is 31.7. The normalized spacial score (nSPS) is 12.3. The first-order valence-corrected chi connectivity index (χ1v) is 9.78. The van der Waals surface area contributed by atoms with E-state index in [1.807, 2.05) is 6.07 Å². The Balaban J connectivity index is 1.81. The highest BCUT2D eigenvalue weighted by atomic mass is 15.2. The van der Waals surface area contributed by atoms with Crippen molar-refractivity contribution in [3.63, 3.8) is 0 Å². The molecule has 1 aliphatic heterocycles. The third-order valence-corrected chi connectivity index (χ3v) is 5.24. The molecule has 1 aliphatic rings. The molecule has 1 heterocycles. The van der Waals surface area contributed by atoms with Gasteiger partial charge in [0.2, 0.25) is 0 Å². The fourth-order valence-corrected chi connectivity index (χ4v) is 3.83. The second kappa shape index (κ2) is 7.02. The average molecular weight is 375 g/mol. The van der Waals surface area contributed by atoms with Crippen LogP contribution in [0.15, 0.2) is 101 Å². The number of rotatable bonds is 2. The maximum atomic E-state index is 4.59. The fourth-order valence-electron chi connectivity index (χ4n) is 3.83. The van der Waals surface area contributed by atoms with E-state index in [0.717, 1.165) is 28.4 Å². The molecule has 0 N–H and O–H groups in total. The van der Waals surface area contributed by atoms with Gasteiger partial charge in [-0.05, 0) is 60.9 Å². The second-order valence-corrected chi connectivity index (χ2v) is 7.40. The highest BCUT2D eigenvalue weighted by Crippen LogP contribution is 2.49. The molecule has 4 aromatic carbocycles. The Morgan fingerprint density at radius 3 is 1.72 bits per heavy atom. The molecule has 0 amide bonds. The van der Waals surface area contributed by atoms with Crippen LogP contribution in [0.2, 0.25) is 0 Å². The van der Waals surface area contributed by atoms with Crippen LogP contribution in [0.25, 0.3) is 11.1 Å². The van der Waals surface area contributed by atoms with Crippen LogP contribution >= 0.6 is 0 Å². The maximum absolute atomic E-state index is 4.59. The molecule has 0 atom stereocenters. The van der Waals surface area contributed by atoms with Crippen molar-refractivity contribution < 1.29 is 0 Å². The zero-order chi connectivity index (χ0) is 19.8. The Kier molecular flexibility index (Phi) is 4.21. The topological polar surface area (TPSA) is 28.0 Å². The van der Waals surface area contributed by atoms with Crippen LogP contribution < -0.4 is 4.90 Å². The largest absolute Gasteiger partial charge is 0.305 e. The molecular weight excluding hydrogens is 354 g/mol. The predicted octanol–water partition coefficient (Wildman–Crippen LogP) is 8.17. The molecule has 4 aromatic rings. The lowest BCUT2D eigenvalue weighted by molar-refractivity contribution is 1.24. The summed E-state index contributed by atoms with van der Waals surface area (Å²) in [7, 11) is 0. The number of benzene rings is 4. The summed E-state index contributed by atoms with van der Waals surface area (Å²) in [6.45, 7) is 4.17. The van der Waals surface area contributed by atoms with E-state index < -0.39 is 0 Å². The summed E-state index contributed by atoms with van der Waals surface area (Å²) < 4.78 is 0. The number of fused-ring (bicyclic) bond motifs is 2. The molecule has 0 saturated heterocycles. The third kappa shape index (κ3) is 3.11. The van der Waals surface area contributed by atoms with Crippen LogP contribution in [0.3, 0.4) is 0 Å². The van der Waals surface area contributed by atoms with Crippen LogP contribution in [-0.2, 0) is 0 Å². The predicted molar refractivity (Wildman–Crippen MR) is 120 cm³/mol. The number of nitrogens with zero attached hydrogens (tertiary/aromatic N) is 3. The zero-order valence-electron chi connectivity index (χ0n) is 16.5. The van der Waals surface area contributed by atoms with E-state index in [-0.39, 0.29) is 0 Å². The number of hydrogen-bond acceptors (Lipinski definition) is 3. The maximum Gasteiger partial charge on any atom is 0.110 e. The van der Waals surface area contributed by atoms with Gasteiger partial charge in [0.25, 0.3) is 0 Å². The number of para-hydroxylation sites is 1. The Labute approximate surface area is 171 Å². The molecule has 3 heteroatoms. The van der Waals surface area contributed by atoms with Gasteiger partial charge in [0.05, 0.1) is 17.1 Å². The Bertz CT molecular complexity index is 1170. The van der Waals surface area contributed by atoms with Crippen molar-refractivity contribution in [2.75, 3.05) is 4.90 Å². The van der Waals surface area contributed by atoms with E-state index in [9.17, 15) is 0 Å². The van der Waals surface area contributed by atoms with Gasteiger partial charge in [-0.1, -0.05) is 60.7 Å². The Morgan fingerprint density at radius 2 is 1.10 bits per heavy atom. The van der Waals surface area contributed by atoms with Crippen molar-refractivity contribution in [3.05, 3.63) is 102 Å². The van der Waals surface area contributed by atoms with E-state index in [4.69, 9.17) is 0 Å². The molecule has 5 rings (SSSR count). The van der Waals surface area contributed by atoms with Crippen LogP contribution in [0, 0.1) is 13.8 Å². The number of anilines is 3. The summed E-state index contributed by atoms with van der Waals surface area (Å²) >= 11 is 0. The molecule has 0 spiro atoms. The SMILES string of the molecule is Cc1ccc2c(c1)N=Nc1cc(C)ccc1N2c1ccccc1-c1ccccc1. The number of azo groups is 1. The summed E-state index contributed by atoms with van der Waals surface area (Å²) in [4.78, 5) is 2.28. The molecular formula is C26H21N3. The quantitative estimate of drug-likeness (QED) is 0.306. The number of hydrogen-bond donors (Lipinski definition) is 0. The standard InChI is InChI=1S/C26H21N3/c1-18-12-14-25-22(16-18)27-28-23-17-19(2)13-15-26(23)29(25)24-11-7-6-10-21(24)20-8-4-3-5-9-20/h3-17H,1-2H3. The van der Waals surface area contributed by atoms with Crippen LogP contribution in [0.5, 0.6) is 0 Å². The van der Waals surface area contributed by atoms with Gasteiger partial charge >= 0.3 is 0 Å². The van der Waals surface area contributed by atoms with Gasteiger partial charge in [-0.3, -0.25) is 0 Å². The van der Waals surface area contributed by atoms with E-state index in [0.29, 0.717) is 0 Å². The summed E-state index contributed by atoms with van der Waals surface area (Å²) in [5.41, 5.74) is 9.62. The van der Waals surface area contributed by atoms with Gasteiger partial charge in [-0.25, -0.2) is 0 Å². The minimum absolute atomic E-state index is 0.877. The first-order valence-electron chi connectivity index (χ1n) is 9.78. The van der Waals surface area contributed by atoms with E-state index in [2.05, 4.69) is 114 Å². The van der Waals surface area contributed by atoms with Gasteiger partial charge < -0.3 is 4.90 Å². The van der Waals surface area contributed by atoms with Crippen LogP contribution in [0.4, 0.5) is 28.4 Å². The summed E-state index contributed by atoms with van der Waals surface area (Å²) in [6.07, 6.45) is 0. The lowest BCUT2D eigenvalue weighted by Gasteiger charge is -2.28. The highest BCUT2D eigenvalue weighted by Gasteiger charge is 2.24. The second-order valence-electron chi connectivity index (χ2n) is 7.40. The highest BCUT2D eigenvalue weighted by molar-refractivity contribution is 5.94. The molecule has 0 aromatic heterocycles. The molecule has 140 valence electrons. The minimum Gasteiger partial charge on any atom is -0.305 e. The van der Waals surface area contributed by atoms with E-state index >= 15 is 0 Å². The van der Waals surface area contributed by atoms with Crippen LogP contribution in [0.1, 0.15) is 11.1 Å². The molecule has 0 aliphatic carbocycles.